The summed E-state index contributed by atoms with van der Waals surface area (Å²) in [4.78, 5) is 2.28. The summed E-state index contributed by atoms with van der Waals surface area (Å²) in [5.41, 5.74) is 6.47. The maximum Gasteiger partial charge on any atom is 0.127 e. The molecule has 19 heavy (non-hydrogen) atoms. The fourth-order valence-corrected chi connectivity index (χ4v) is 2.36. The van der Waals surface area contributed by atoms with Crippen molar-refractivity contribution < 1.29 is 9.50 Å². The number of aromatic hydroxyl groups is 1. The van der Waals surface area contributed by atoms with Crippen molar-refractivity contribution in [2.45, 2.75) is 19.4 Å². The van der Waals surface area contributed by atoms with Gasteiger partial charge in [-0.25, -0.2) is 4.39 Å². The van der Waals surface area contributed by atoms with Crippen LogP contribution in [0.4, 0.5) is 4.39 Å². The van der Waals surface area contributed by atoms with E-state index in [1.807, 2.05) is 0 Å². The minimum absolute atomic E-state index is 0. The Balaban J connectivity index is 0.00000162. The fraction of sp³-hybridized carbons (Fsp3) is 0.538. The van der Waals surface area contributed by atoms with Crippen LogP contribution in [0.15, 0.2) is 18.2 Å². The third-order valence-electron chi connectivity index (χ3n) is 3.39. The van der Waals surface area contributed by atoms with Gasteiger partial charge >= 0.3 is 0 Å². The lowest BCUT2D eigenvalue weighted by atomic mass is 9.97. The maximum atomic E-state index is 13.1. The van der Waals surface area contributed by atoms with Crippen LogP contribution in [0.1, 0.15) is 18.4 Å². The lowest BCUT2D eigenvalue weighted by molar-refractivity contribution is 0.180. The van der Waals surface area contributed by atoms with E-state index < -0.39 is 0 Å². The molecule has 1 heterocycles. The van der Waals surface area contributed by atoms with Crippen molar-refractivity contribution >= 4 is 24.8 Å². The first kappa shape index (κ1) is 18.4. The summed E-state index contributed by atoms with van der Waals surface area (Å²) in [6, 6.07) is 4.23. The molecule has 1 fully saturated rings. The molecule has 0 amide bonds. The lowest BCUT2D eigenvalue weighted by Gasteiger charge is -2.31. The van der Waals surface area contributed by atoms with Crippen LogP contribution in [0, 0.1) is 11.7 Å². The van der Waals surface area contributed by atoms with Crippen LogP contribution in [0.2, 0.25) is 0 Å². The van der Waals surface area contributed by atoms with Gasteiger partial charge in [0.05, 0.1) is 0 Å². The van der Waals surface area contributed by atoms with Gasteiger partial charge in [0.25, 0.3) is 0 Å². The molecule has 0 aliphatic carbocycles. The van der Waals surface area contributed by atoms with Gasteiger partial charge in [-0.3, -0.25) is 4.90 Å². The van der Waals surface area contributed by atoms with E-state index >= 15 is 0 Å². The number of phenols is 1. The Hall–Kier alpha value is -0.550. The topological polar surface area (TPSA) is 49.5 Å². The molecular weight excluding hydrogens is 290 g/mol. The second-order valence-electron chi connectivity index (χ2n) is 4.77. The number of hydrogen-bond donors (Lipinski definition) is 2. The number of hydrogen-bond acceptors (Lipinski definition) is 3. The molecule has 1 aromatic rings. The number of benzene rings is 1. The summed E-state index contributed by atoms with van der Waals surface area (Å²) < 4.78 is 13.1. The van der Waals surface area contributed by atoms with Crippen molar-refractivity contribution in [2.24, 2.45) is 11.7 Å². The molecule has 6 heteroatoms. The highest BCUT2D eigenvalue weighted by molar-refractivity contribution is 5.85. The van der Waals surface area contributed by atoms with Crippen LogP contribution < -0.4 is 5.73 Å². The molecule has 1 aliphatic rings. The number of piperidine rings is 1. The van der Waals surface area contributed by atoms with Gasteiger partial charge in [-0.05, 0) is 56.1 Å². The Morgan fingerprint density at radius 1 is 1.21 bits per heavy atom. The van der Waals surface area contributed by atoms with Crippen molar-refractivity contribution in [3.05, 3.63) is 29.6 Å². The van der Waals surface area contributed by atoms with Gasteiger partial charge in [0.2, 0.25) is 0 Å². The third kappa shape index (κ3) is 5.53. The number of nitrogens with two attached hydrogens (primary N) is 1. The van der Waals surface area contributed by atoms with Gasteiger partial charge < -0.3 is 10.8 Å². The van der Waals surface area contributed by atoms with E-state index in [2.05, 4.69) is 4.90 Å². The second kappa shape index (κ2) is 8.59. The highest BCUT2D eigenvalue weighted by Crippen LogP contribution is 2.20. The van der Waals surface area contributed by atoms with Crippen LogP contribution in [0.3, 0.4) is 0 Å². The van der Waals surface area contributed by atoms with Gasteiger partial charge in [0.1, 0.15) is 11.6 Å². The van der Waals surface area contributed by atoms with Crippen LogP contribution in [-0.4, -0.2) is 29.6 Å². The third-order valence-corrected chi connectivity index (χ3v) is 3.39. The van der Waals surface area contributed by atoms with E-state index in [0.717, 1.165) is 44.1 Å². The standard InChI is InChI=1S/C13H19FN2O.2ClH/c14-12-5-11(6-13(17)7-12)9-16-3-1-10(8-15)2-4-16;;/h5-7,10,17H,1-4,8-9,15H2;2*1H. The summed E-state index contributed by atoms with van der Waals surface area (Å²) in [6.07, 6.45) is 2.22. The van der Waals surface area contributed by atoms with Crippen LogP contribution in [0.25, 0.3) is 0 Å². The average Bonchev–Trinajstić information content (AvgIpc) is 2.28. The first-order valence-corrected chi connectivity index (χ1v) is 6.08. The van der Waals surface area contributed by atoms with E-state index in [-0.39, 0.29) is 36.4 Å². The zero-order chi connectivity index (χ0) is 12.3. The van der Waals surface area contributed by atoms with E-state index in [0.29, 0.717) is 12.5 Å². The largest absolute Gasteiger partial charge is 0.508 e. The molecular formula is C13H21Cl2FN2O. The second-order valence-corrected chi connectivity index (χ2v) is 4.77. The van der Waals surface area contributed by atoms with Crippen molar-refractivity contribution in [1.82, 2.24) is 4.90 Å². The molecule has 0 bridgehead atoms. The molecule has 3 N–H and O–H groups in total. The number of nitrogens with zero attached hydrogens (tertiary/aromatic N) is 1. The minimum Gasteiger partial charge on any atom is -0.508 e. The molecule has 1 aliphatic heterocycles. The van der Waals surface area contributed by atoms with Crippen LogP contribution in [0.5, 0.6) is 5.75 Å². The quantitative estimate of drug-likeness (QED) is 0.902. The SMILES string of the molecule is Cl.Cl.NCC1CCN(Cc2cc(O)cc(F)c2)CC1. The molecule has 2 rings (SSSR count). The van der Waals surface area contributed by atoms with Gasteiger partial charge in [-0.2, -0.15) is 0 Å². The molecule has 0 unspecified atom stereocenters. The van der Waals surface area contributed by atoms with Gasteiger partial charge in [-0.1, -0.05) is 0 Å². The van der Waals surface area contributed by atoms with Crippen molar-refractivity contribution in [3.63, 3.8) is 0 Å². The van der Waals surface area contributed by atoms with Crippen molar-refractivity contribution in [2.75, 3.05) is 19.6 Å². The highest BCUT2D eigenvalue weighted by Gasteiger charge is 2.18. The molecule has 1 saturated heterocycles. The van der Waals surface area contributed by atoms with Crippen molar-refractivity contribution in [1.29, 1.82) is 0 Å². The summed E-state index contributed by atoms with van der Waals surface area (Å²) in [5, 5.41) is 9.33. The molecule has 3 nitrogen and oxygen atoms in total. The normalized spacial score (nSPS) is 16.5. The van der Waals surface area contributed by atoms with Gasteiger partial charge in [0.15, 0.2) is 0 Å². The van der Waals surface area contributed by atoms with E-state index in [1.54, 1.807) is 6.07 Å². The average molecular weight is 311 g/mol. The number of rotatable bonds is 3. The Morgan fingerprint density at radius 2 is 1.84 bits per heavy atom. The zero-order valence-electron chi connectivity index (χ0n) is 10.7. The summed E-state index contributed by atoms with van der Waals surface area (Å²) in [5.74, 6) is 0.251. The Kier molecular flexibility index (Phi) is 8.34. The molecule has 0 saturated carbocycles. The summed E-state index contributed by atoms with van der Waals surface area (Å²) >= 11 is 0. The van der Waals surface area contributed by atoms with Crippen LogP contribution >= 0.6 is 24.8 Å². The maximum absolute atomic E-state index is 13.1. The van der Waals surface area contributed by atoms with Crippen molar-refractivity contribution in [3.8, 4) is 5.75 Å². The molecule has 0 aromatic heterocycles. The Morgan fingerprint density at radius 3 is 2.37 bits per heavy atom. The van der Waals surface area contributed by atoms with Crippen LogP contribution in [-0.2, 0) is 6.54 Å². The predicted molar refractivity (Wildman–Crippen MR) is 79.6 cm³/mol. The highest BCUT2D eigenvalue weighted by atomic mass is 35.5. The summed E-state index contributed by atoms with van der Waals surface area (Å²) in [7, 11) is 0. The summed E-state index contributed by atoms with van der Waals surface area (Å²) in [6.45, 7) is 3.45. The van der Waals surface area contributed by atoms with Gasteiger partial charge in [0, 0.05) is 12.6 Å². The smallest absolute Gasteiger partial charge is 0.127 e. The number of halogens is 3. The minimum atomic E-state index is -0.378. The molecule has 0 spiro atoms. The molecule has 1 aromatic carbocycles. The van der Waals surface area contributed by atoms with E-state index in [4.69, 9.17) is 5.73 Å². The lowest BCUT2D eigenvalue weighted by Crippen LogP contribution is -2.35. The monoisotopic (exact) mass is 310 g/mol. The number of likely N-dealkylation sites (tertiary alicyclic amines) is 1. The van der Waals surface area contributed by atoms with Gasteiger partial charge in [-0.15, -0.1) is 24.8 Å². The molecule has 0 radical (unpaired) electrons. The first-order valence-electron chi connectivity index (χ1n) is 6.08. The predicted octanol–water partition coefficient (Wildman–Crippen LogP) is 2.55. The zero-order valence-corrected chi connectivity index (χ0v) is 12.4. The fourth-order valence-electron chi connectivity index (χ4n) is 2.36. The molecule has 110 valence electrons. The Labute approximate surface area is 125 Å². The molecule has 0 atom stereocenters. The Bertz CT molecular complexity index is 365. The number of phenolic OH excluding ortho intramolecular Hbond substituents is 1. The van der Waals surface area contributed by atoms with E-state index in [9.17, 15) is 9.50 Å². The first-order chi connectivity index (χ1) is 8.17. The van der Waals surface area contributed by atoms with E-state index in [1.165, 1.54) is 6.07 Å².